The summed E-state index contributed by atoms with van der Waals surface area (Å²) in [6.45, 7) is 8.26. The van der Waals surface area contributed by atoms with E-state index in [-0.39, 0.29) is 35.7 Å². The smallest absolute Gasteiger partial charge is 0.410 e. The number of piperidine rings is 1. The number of hydrogen-bond acceptors (Lipinski definition) is 9. The molecule has 1 fully saturated rings. The highest BCUT2D eigenvalue weighted by molar-refractivity contribution is 5.87. The van der Waals surface area contributed by atoms with Gasteiger partial charge in [-0.3, -0.25) is 0 Å². The fourth-order valence-electron chi connectivity index (χ4n) is 4.60. The molecule has 0 spiro atoms. The summed E-state index contributed by atoms with van der Waals surface area (Å²) < 4.78 is 28.3. The molecule has 0 radical (unpaired) electrons. The van der Waals surface area contributed by atoms with Crippen molar-refractivity contribution in [1.29, 1.82) is 0 Å². The monoisotopic (exact) mass is 561 g/mol. The molecule has 0 saturated carbocycles. The van der Waals surface area contributed by atoms with Crippen LogP contribution < -0.4 is 5.32 Å². The first-order valence-corrected chi connectivity index (χ1v) is 13.5. The quantitative estimate of drug-likeness (QED) is 0.325. The van der Waals surface area contributed by atoms with E-state index in [1.165, 1.54) is 12.3 Å². The van der Waals surface area contributed by atoms with E-state index in [1.54, 1.807) is 34.8 Å². The molecule has 1 amide bonds. The lowest BCUT2D eigenvalue weighted by molar-refractivity contribution is 0.0206. The van der Waals surface area contributed by atoms with Crippen LogP contribution >= 0.6 is 0 Å². The number of halogens is 1. The van der Waals surface area contributed by atoms with E-state index in [1.807, 2.05) is 39.0 Å². The highest BCUT2D eigenvalue weighted by atomic mass is 19.1. The maximum Gasteiger partial charge on any atom is 0.410 e. The number of pyridine rings is 2. The van der Waals surface area contributed by atoms with Crippen LogP contribution in [0, 0.1) is 5.82 Å². The van der Waals surface area contributed by atoms with Crippen LogP contribution in [-0.4, -0.2) is 72.9 Å². The molecule has 0 aliphatic carbocycles. The van der Waals surface area contributed by atoms with Crippen molar-refractivity contribution >= 4 is 23.4 Å². The summed E-state index contributed by atoms with van der Waals surface area (Å²) in [5, 5.41) is 7.58. The zero-order valence-electron chi connectivity index (χ0n) is 23.4. The number of amides is 1. The number of carbonyl (C=O) groups excluding carboxylic acids is 2. The van der Waals surface area contributed by atoms with Gasteiger partial charge in [0.15, 0.2) is 17.5 Å². The number of rotatable bonds is 6. The number of hydrogen-bond donors (Lipinski definition) is 1. The Morgan fingerprint density at radius 3 is 2.71 bits per heavy atom. The van der Waals surface area contributed by atoms with Crippen LogP contribution in [0.15, 0.2) is 48.9 Å². The molecule has 1 N–H and O–H groups in total. The summed E-state index contributed by atoms with van der Waals surface area (Å²) in [7, 11) is 0. The van der Waals surface area contributed by atoms with Crippen molar-refractivity contribution in [1.82, 2.24) is 29.5 Å². The van der Waals surface area contributed by atoms with Gasteiger partial charge in [-0.15, -0.1) is 0 Å². The predicted molar refractivity (Wildman–Crippen MR) is 150 cm³/mol. The van der Waals surface area contributed by atoms with E-state index >= 15 is 4.39 Å². The second kappa shape index (κ2) is 11.5. The molecule has 11 nitrogen and oxygen atoms in total. The van der Waals surface area contributed by atoms with Crippen molar-refractivity contribution in [3.05, 3.63) is 60.4 Å². The van der Waals surface area contributed by atoms with Gasteiger partial charge in [0.1, 0.15) is 17.0 Å². The maximum absolute atomic E-state index is 16.1. The number of nitrogens with zero attached hydrogens (tertiary/aromatic N) is 6. The molecule has 1 aliphatic rings. The zero-order valence-corrected chi connectivity index (χ0v) is 23.4. The van der Waals surface area contributed by atoms with Gasteiger partial charge in [0.2, 0.25) is 0 Å². The van der Waals surface area contributed by atoms with Gasteiger partial charge in [-0.05, 0) is 64.8 Å². The molecule has 41 heavy (non-hydrogen) atoms. The Morgan fingerprint density at radius 1 is 1.15 bits per heavy atom. The molecule has 1 aliphatic heterocycles. The molecule has 4 aromatic heterocycles. The van der Waals surface area contributed by atoms with Crippen molar-refractivity contribution in [3.8, 4) is 22.6 Å². The molecular weight excluding hydrogens is 529 g/mol. The normalized spacial score (nSPS) is 15.5. The summed E-state index contributed by atoms with van der Waals surface area (Å²) in [6.07, 6.45) is 5.83. The van der Waals surface area contributed by atoms with E-state index in [9.17, 15) is 9.59 Å². The minimum Gasteiger partial charge on any atom is -0.461 e. The molecule has 12 heteroatoms. The van der Waals surface area contributed by atoms with E-state index < -0.39 is 23.5 Å². The van der Waals surface area contributed by atoms with Crippen LogP contribution in [0.4, 0.5) is 15.0 Å². The number of nitrogens with one attached hydrogen (secondary N) is 1. The summed E-state index contributed by atoms with van der Waals surface area (Å²) in [5.41, 5.74) is 1.22. The van der Waals surface area contributed by atoms with E-state index in [0.717, 1.165) is 11.9 Å². The third-order valence-corrected chi connectivity index (χ3v) is 6.45. The summed E-state index contributed by atoms with van der Waals surface area (Å²) in [5.74, 6) is -0.987. The number of anilines is 1. The predicted octanol–water partition coefficient (Wildman–Crippen LogP) is 4.98. The Balaban J connectivity index is 1.51. The molecule has 5 rings (SSSR count). The molecule has 0 bridgehead atoms. The Bertz CT molecular complexity index is 1570. The van der Waals surface area contributed by atoms with Gasteiger partial charge in [-0.1, -0.05) is 6.07 Å². The summed E-state index contributed by atoms with van der Waals surface area (Å²) in [6, 6.07) is 8.36. The van der Waals surface area contributed by atoms with Gasteiger partial charge < -0.3 is 19.7 Å². The van der Waals surface area contributed by atoms with Gasteiger partial charge >= 0.3 is 12.1 Å². The van der Waals surface area contributed by atoms with Gasteiger partial charge in [-0.2, -0.15) is 5.10 Å². The van der Waals surface area contributed by atoms with Gasteiger partial charge in [0.25, 0.3) is 0 Å². The first kappa shape index (κ1) is 27.9. The van der Waals surface area contributed by atoms with Crippen molar-refractivity contribution in [2.45, 2.75) is 52.2 Å². The molecule has 4 aromatic rings. The lowest BCUT2D eigenvalue weighted by Gasteiger charge is -2.34. The lowest BCUT2D eigenvalue weighted by atomic mass is 10.1. The number of esters is 1. The van der Waals surface area contributed by atoms with Crippen LogP contribution in [0.3, 0.4) is 0 Å². The van der Waals surface area contributed by atoms with E-state index in [2.05, 4.69) is 25.4 Å². The van der Waals surface area contributed by atoms with E-state index in [0.29, 0.717) is 30.6 Å². The minimum absolute atomic E-state index is 0.00853. The van der Waals surface area contributed by atoms with Crippen LogP contribution in [0.1, 0.15) is 51.0 Å². The van der Waals surface area contributed by atoms with Gasteiger partial charge in [-0.25, -0.2) is 33.4 Å². The van der Waals surface area contributed by atoms with Crippen LogP contribution in [0.5, 0.6) is 0 Å². The Kier molecular flexibility index (Phi) is 7.82. The third-order valence-electron chi connectivity index (χ3n) is 6.45. The molecule has 5 heterocycles. The molecule has 214 valence electrons. The number of aromatic nitrogens is 5. The van der Waals surface area contributed by atoms with Crippen LogP contribution in [-0.2, 0) is 9.47 Å². The Morgan fingerprint density at radius 2 is 1.98 bits per heavy atom. The van der Waals surface area contributed by atoms with E-state index in [4.69, 9.17) is 9.47 Å². The standard InChI is InChI=1S/C29H32FN7O4/c1-5-40-27(38)21-12-11-18(15-31-21)24-23(30)26(33-19-9-8-13-36(17-19)28(39)41-29(2,3)4)35-25(34-24)20-16-32-37-14-7-6-10-22(20)37/h6-7,10-12,14-16,19H,5,8-9,13,17H2,1-4H3,(H,33,34,35)/t19-/m1/s1. The molecular formula is C29H32FN7O4. The van der Waals surface area contributed by atoms with Gasteiger partial charge in [0, 0.05) is 37.1 Å². The van der Waals surface area contributed by atoms with Crippen LogP contribution in [0.25, 0.3) is 28.2 Å². The highest BCUT2D eigenvalue weighted by Gasteiger charge is 2.29. The van der Waals surface area contributed by atoms with Crippen molar-refractivity contribution < 1.29 is 23.5 Å². The van der Waals surface area contributed by atoms with Gasteiger partial charge in [0.05, 0.1) is 23.9 Å². The maximum atomic E-state index is 16.1. The second-order valence-corrected chi connectivity index (χ2v) is 10.7. The molecule has 0 aromatic carbocycles. The number of carbonyl (C=O) groups is 2. The SMILES string of the molecule is CCOC(=O)c1ccc(-c2nc(-c3cnn4ccccc34)nc(N[C@@H]3CCCN(C(=O)OC(C)(C)C)C3)c2F)cn1. The zero-order chi connectivity index (χ0) is 29.1. The average Bonchev–Trinajstić information content (AvgIpc) is 3.38. The third kappa shape index (κ3) is 6.26. The highest BCUT2D eigenvalue weighted by Crippen LogP contribution is 2.31. The molecule has 0 unspecified atom stereocenters. The minimum atomic E-state index is -0.676. The Hall–Kier alpha value is -4.61. The first-order chi connectivity index (χ1) is 19.6. The largest absolute Gasteiger partial charge is 0.461 e. The number of likely N-dealkylation sites (tertiary alicyclic amines) is 1. The van der Waals surface area contributed by atoms with Crippen molar-refractivity contribution in [2.75, 3.05) is 25.0 Å². The average molecular weight is 562 g/mol. The summed E-state index contributed by atoms with van der Waals surface area (Å²) >= 11 is 0. The number of ether oxygens (including phenoxy) is 2. The fraction of sp³-hybridized carbons (Fsp3) is 0.379. The first-order valence-electron chi connectivity index (χ1n) is 13.5. The lowest BCUT2D eigenvalue weighted by Crippen LogP contribution is -2.47. The Labute approximate surface area is 236 Å². The summed E-state index contributed by atoms with van der Waals surface area (Å²) in [4.78, 5) is 39.7. The second-order valence-electron chi connectivity index (χ2n) is 10.7. The molecule has 1 saturated heterocycles. The van der Waals surface area contributed by atoms with Crippen LogP contribution in [0.2, 0.25) is 0 Å². The number of fused-ring (bicyclic) bond motifs is 1. The fourth-order valence-corrected chi connectivity index (χ4v) is 4.60. The van der Waals surface area contributed by atoms with Crippen molar-refractivity contribution in [3.63, 3.8) is 0 Å². The topological polar surface area (TPSA) is 124 Å². The van der Waals surface area contributed by atoms with Crippen molar-refractivity contribution in [2.24, 2.45) is 0 Å². The molecule has 1 atom stereocenters.